The molecule has 0 aromatic heterocycles. The summed E-state index contributed by atoms with van der Waals surface area (Å²) >= 11 is 0. The Bertz CT molecular complexity index is 274. The average Bonchev–Trinajstić information content (AvgIpc) is 2.13. The van der Waals surface area contributed by atoms with E-state index in [9.17, 15) is 4.79 Å². The molecule has 0 radical (unpaired) electrons. The van der Waals surface area contributed by atoms with E-state index in [-0.39, 0.29) is 0 Å². The van der Waals surface area contributed by atoms with E-state index in [0.29, 0.717) is 16.6 Å². The maximum Gasteiger partial charge on any atom is 0.430 e. The van der Waals surface area contributed by atoms with Crippen molar-refractivity contribution < 1.29 is 14.1 Å². The number of rotatable bonds is 5. The first-order chi connectivity index (χ1) is 8.43. The lowest BCUT2D eigenvalue weighted by Crippen LogP contribution is -2.52. The van der Waals surface area contributed by atoms with E-state index in [1.165, 1.54) is 0 Å². The summed E-state index contributed by atoms with van der Waals surface area (Å²) in [5.41, 5.74) is 3.27. The number of carbonyl (C=O) groups is 1. The highest BCUT2D eigenvalue weighted by Gasteiger charge is 2.46. The predicted octanol–water partition coefficient (Wildman–Crippen LogP) is 4.62. The molecule has 5 heteroatoms. The maximum absolute atomic E-state index is 11.7. The summed E-state index contributed by atoms with van der Waals surface area (Å²) < 4.78 is 11.2. The van der Waals surface area contributed by atoms with Gasteiger partial charge in [0.1, 0.15) is 5.60 Å². The minimum Gasteiger partial charge on any atom is -0.442 e. The minimum absolute atomic E-state index is 0.419. The number of hydroxylamine groups is 1. The Kier molecular flexibility index (Phi) is 6.55. The van der Waals surface area contributed by atoms with Crippen molar-refractivity contribution in [2.24, 2.45) is 0 Å². The van der Waals surface area contributed by atoms with Gasteiger partial charge in [0.05, 0.1) is 0 Å². The molecule has 0 aromatic carbocycles. The first-order valence-corrected chi connectivity index (χ1v) is 9.24. The number of ether oxygens (including phenoxy) is 1. The molecule has 0 aromatic rings. The van der Waals surface area contributed by atoms with Crippen molar-refractivity contribution in [1.82, 2.24) is 5.48 Å². The summed E-state index contributed by atoms with van der Waals surface area (Å²) in [4.78, 5) is 11.7. The third-order valence-corrected chi connectivity index (χ3v) is 9.29. The van der Waals surface area contributed by atoms with Crippen LogP contribution in [0, 0.1) is 0 Å². The fourth-order valence-electron chi connectivity index (χ4n) is 2.78. The summed E-state index contributed by atoms with van der Waals surface area (Å²) in [6.07, 6.45) is -0.508. The van der Waals surface area contributed by atoms with Gasteiger partial charge in [-0.15, -0.1) is 0 Å². The molecule has 0 fully saturated rings. The van der Waals surface area contributed by atoms with Crippen molar-refractivity contribution in [1.29, 1.82) is 0 Å². The van der Waals surface area contributed by atoms with Gasteiger partial charge in [-0.05, 0) is 37.4 Å². The molecule has 0 aliphatic rings. The van der Waals surface area contributed by atoms with Crippen LogP contribution in [0.4, 0.5) is 4.79 Å². The van der Waals surface area contributed by atoms with Gasteiger partial charge in [-0.25, -0.2) is 10.3 Å². The van der Waals surface area contributed by atoms with Gasteiger partial charge < -0.3 is 9.26 Å². The molecule has 0 heterocycles. The van der Waals surface area contributed by atoms with Crippen LogP contribution in [0.1, 0.15) is 62.3 Å². The topological polar surface area (TPSA) is 47.6 Å². The van der Waals surface area contributed by atoms with Crippen molar-refractivity contribution in [3.8, 4) is 0 Å². The summed E-state index contributed by atoms with van der Waals surface area (Å²) in [5, 5.41) is 0. The molecule has 0 atom stereocenters. The van der Waals surface area contributed by atoms with Gasteiger partial charge in [-0.1, -0.05) is 41.5 Å². The molecule has 1 N–H and O–H groups in total. The first kappa shape index (κ1) is 18.4. The first-order valence-electron chi connectivity index (χ1n) is 7.10. The second-order valence-corrected chi connectivity index (χ2v) is 12.4. The van der Waals surface area contributed by atoms with E-state index in [1.54, 1.807) is 0 Å². The number of hydrogen-bond acceptors (Lipinski definition) is 3. The Morgan fingerprint density at radius 2 is 1.32 bits per heavy atom. The molecule has 0 saturated carbocycles. The van der Waals surface area contributed by atoms with Crippen LogP contribution in [-0.2, 0) is 9.26 Å². The molecule has 4 nitrogen and oxygen atoms in total. The highest BCUT2D eigenvalue weighted by atomic mass is 28.4. The van der Waals surface area contributed by atoms with Crippen LogP contribution >= 0.6 is 0 Å². The molecule has 0 aliphatic carbocycles. The SMILES string of the molecule is CC(C)[Si](ONC(=O)OC(C)(C)C)(C(C)C)C(C)C. The summed E-state index contributed by atoms with van der Waals surface area (Å²) in [5.74, 6) is 0. The van der Waals surface area contributed by atoms with Crippen molar-refractivity contribution in [3.05, 3.63) is 0 Å². The van der Waals surface area contributed by atoms with E-state index in [0.717, 1.165) is 0 Å². The second kappa shape index (κ2) is 6.75. The Balaban J connectivity index is 4.82. The molecular formula is C14H31NO3Si. The van der Waals surface area contributed by atoms with Gasteiger partial charge >= 0.3 is 6.09 Å². The standard InChI is InChI=1S/C14H31NO3Si/c1-10(2)19(11(3)4,12(5)6)18-15-13(16)17-14(7,8)9/h10-12H,1-9H3,(H,15,16). The lowest BCUT2D eigenvalue weighted by Gasteiger charge is -2.40. The lowest BCUT2D eigenvalue weighted by atomic mass is 10.2. The van der Waals surface area contributed by atoms with Crippen LogP contribution < -0.4 is 5.48 Å². The summed E-state index contributed by atoms with van der Waals surface area (Å²) in [6, 6.07) is 0. The Labute approximate surface area is 119 Å². The van der Waals surface area contributed by atoms with Crippen LogP contribution in [0.15, 0.2) is 0 Å². The molecule has 0 rings (SSSR count). The van der Waals surface area contributed by atoms with Crippen LogP contribution in [0.5, 0.6) is 0 Å². The van der Waals surface area contributed by atoms with Crippen LogP contribution in [-0.4, -0.2) is 20.0 Å². The van der Waals surface area contributed by atoms with Gasteiger partial charge in [-0.3, -0.25) is 0 Å². The van der Waals surface area contributed by atoms with Gasteiger partial charge in [-0.2, -0.15) is 0 Å². The molecular weight excluding hydrogens is 258 g/mol. The highest BCUT2D eigenvalue weighted by molar-refractivity contribution is 6.77. The Hall–Kier alpha value is -0.553. The van der Waals surface area contributed by atoms with E-state index in [2.05, 4.69) is 47.0 Å². The minimum atomic E-state index is -2.08. The van der Waals surface area contributed by atoms with Gasteiger partial charge in [0.25, 0.3) is 0 Å². The normalized spacial score (nSPS) is 13.3. The van der Waals surface area contributed by atoms with Crippen LogP contribution in [0.3, 0.4) is 0 Å². The Morgan fingerprint density at radius 3 is 1.58 bits per heavy atom. The quantitative estimate of drug-likeness (QED) is 0.593. The number of carbonyl (C=O) groups excluding carboxylic acids is 1. The third-order valence-electron chi connectivity index (χ3n) is 3.42. The number of hydrogen-bond donors (Lipinski definition) is 1. The van der Waals surface area contributed by atoms with Crippen molar-refractivity contribution in [3.63, 3.8) is 0 Å². The van der Waals surface area contributed by atoms with E-state index in [4.69, 9.17) is 9.26 Å². The molecule has 0 bridgehead atoms. The molecule has 0 saturated heterocycles. The molecule has 0 aliphatic heterocycles. The Morgan fingerprint density at radius 1 is 0.947 bits per heavy atom. The largest absolute Gasteiger partial charge is 0.442 e. The summed E-state index contributed by atoms with van der Waals surface area (Å²) in [7, 11) is -2.08. The monoisotopic (exact) mass is 289 g/mol. The third kappa shape index (κ3) is 5.14. The van der Waals surface area contributed by atoms with E-state index < -0.39 is 20.0 Å². The van der Waals surface area contributed by atoms with Crippen molar-refractivity contribution >= 4 is 14.4 Å². The number of amides is 1. The highest BCUT2D eigenvalue weighted by Crippen LogP contribution is 2.41. The molecule has 0 unspecified atom stereocenters. The fraction of sp³-hybridized carbons (Fsp3) is 0.929. The van der Waals surface area contributed by atoms with E-state index in [1.807, 2.05) is 20.8 Å². The lowest BCUT2D eigenvalue weighted by molar-refractivity contribution is 0.0249. The fourth-order valence-corrected chi connectivity index (χ4v) is 7.75. The maximum atomic E-state index is 11.7. The van der Waals surface area contributed by atoms with Gasteiger partial charge in [0.15, 0.2) is 0 Å². The molecule has 19 heavy (non-hydrogen) atoms. The van der Waals surface area contributed by atoms with Crippen molar-refractivity contribution in [2.45, 2.75) is 84.5 Å². The average molecular weight is 289 g/mol. The van der Waals surface area contributed by atoms with E-state index >= 15 is 0 Å². The number of nitrogens with one attached hydrogen (secondary N) is 1. The molecule has 0 spiro atoms. The second-order valence-electron chi connectivity index (χ2n) is 7.02. The summed E-state index contributed by atoms with van der Waals surface area (Å²) in [6.45, 7) is 18.5. The van der Waals surface area contributed by atoms with Gasteiger partial charge in [0.2, 0.25) is 8.32 Å². The molecule has 114 valence electrons. The molecule has 1 amide bonds. The zero-order chi connectivity index (χ0) is 15.4. The zero-order valence-electron chi connectivity index (χ0n) is 14.0. The zero-order valence-corrected chi connectivity index (χ0v) is 15.0. The van der Waals surface area contributed by atoms with Crippen LogP contribution in [0.2, 0.25) is 16.6 Å². The van der Waals surface area contributed by atoms with Crippen molar-refractivity contribution in [2.75, 3.05) is 0 Å². The van der Waals surface area contributed by atoms with Crippen LogP contribution in [0.25, 0.3) is 0 Å². The smallest absolute Gasteiger partial charge is 0.430 e. The van der Waals surface area contributed by atoms with Gasteiger partial charge in [0, 0.05) is 0 Å². The predicted molar refractivity (Wildman–Crippen MR) is 81.5 cm³/mol.